The van der Waals surface area contributed by atoms with Crippen LogP contribution in [0.2, 0.25) is 0 Å². The molecular weight excluding hydrogens is 344 g/mol. The summed E-state index contributed by atoms with van der Waals surface area (Å²) in [4.78, 5) is 20.8. The van der Waals surface area contributed by atoms with Gasteiger partial charge in [-0.15, -0.1) is 0 Å². The lowest BCUT2D eigenvalue weighted by Gasteiger charge is -2.23. The molecule has 0 bridgehead atoms. The van der Waals surface area contributed by atoms with Gasteiger partial charge in [0.25, 0.3) is 0 Å². The Morgan fingerprint density at radius 3 is 2.70 bits per heavy atom. The molecule has 1 aromatic carbocycles. The summed E-state index contributed by atoms with van der Waals surface area (Å²) in [6, 6.07) is 13.6. The van der Waals surface area contributed by atoms with E-state index in [9.17, 15) is 4.79 Å². The molecule has 7 nitrogen and oxygen atoms in total. The van der Waals surface area contributed by atoms with Gasteiger partial charge in [-0.05, 0) is 30.5 Å². The van der Waals surface area contributed by atoms with Crippen molar-refractivity contribution in [1.82, 2.24) is 9.88 Å². The Morgan fingerprint density at radius 1 is 1.22 bits per heavy atom. The second-order valence-electron chi connectivity index (χ2n) is 6.66. The van der Waals surface area contributed by atoms with E-state index in [0.717, 1.165) is 19.5 Å². The lowest BCUT2D eigenvalue weighted by atomic mass is 10.1. The fourth-order valence-electron chi connectivity index (χ4n) is 3.32. The fraction of sp³-hybridized carbons (Fsp3) is 0.400. The van der Waals surface area contributed by atoms with Gasteiger partial charge in [0.15, 0.2) is 0 Å². The zero-order chi connectivity index (χ0) is 19.2. The summed E-state index contributed by atoms with van der Waals surface area (Å²) in [6.07, 6.45) is 1.07. The smallest absolute Gasteiger partial charge is 0.321 e. The molecule has 2 amide bonds. The number of hydrogen-bond acceptors (Lipinski definition) is 5. The van der Waals surface area contributed by atoms with E-state index in [1.807, 2.05) is 13.1 Å². The molecule has 0 radical (unpaired) electrons. The van der Waals surface area contributed by atoms with Crippen LogP contribution >= 0.6 is 0 Å². The molecule has 1 fully saturated rings. The Kier molecular flexibility index (Phi) is 6.01. The monoisotopic (exact) mass is 370 g/mol. The maximum absolute atomic E-state index is 12.6. The zero-order valence-corrected chi connectivity index (χ0v) is 16.0. The predicted molar refractivity (Wildman–Crippen MR) is 106 cm³/mol. The molecule has 1 N–H and O–H groups in total. The van der Waals surface area contributed by atoms with Crippen molar-refractivity contribution in [2.75, 3.05) is 51.1 Å². The number of para-hydroxylation sites is 1. The van der Waals surface area contributed by atoms with Gasteiger partial charge >= 0.3 is 6.03 Å². The number of pyridine rings is 1. The molecule has 0 saturated carbocycles. The maximum Gasteiger partial charge on any atom is 0.321 e. The Bertz CT molecular complexity index is 769. The number of rotatable bonds is 6. The quantitative estimate of drug-likeness (QED) is 0.846. The van der Waals surface area contributed by atoms with E-state index in [-0.39, 0.29) is 6.03 Å². The average Bonchev–Trinajstić information content (AvgIpc) is 3.17. The molecule has 0 aliphatic carbocycles. The minimum atomic E-state index is -0.182. The van der Waals surface area contributed by atoms with Crippen LogP contribution in [0.25, 0.3) is 0 Å². The molecule has 1 atom stereocenters. The van der Waals surface area contributed by atoms with Crippen molar-refractivity contribution in [3.63, 3.8) is 0 Å². The molecule has 3 rings (SSSR count). The van der Waals surface area contributed by atoms with Crippen molar-refractivity contribution in [3.05, 3.63) is 42.5 Å². The molecule has 1 aliphatic heterocycles. The first-order chi connectivity index (χ1) is 13.1. The van der Waals surface area contributed by atoms with Crippen molar-refractivity contribution in [3.8, 4) is 11.8 Å². The second kappa shape index (κ2) is 8.62. The lowest BCUT2D eigenvalue weighted by Crippen LogP contribution is -2.36. The van der Waals surface area contributed by atoms with Crippen LogP contribution in [0.1, 0.15) is 6.42 Å². The van der Waals surface area contributed by atoms with Gasteiger partial charge in [-0.1, -0.05) is 18.2 Å². The van der Waals surface area contributed by atoms with E-state index >= 15 is 0 Å². The summed E-state index contributed by atoms with van der Waals surface area (Å²) in [5.41, 5.74) is 1.76. The number of amides is 2. The van der Waals surface area contributed by atoms with Crippen molar-refractivity contribution >= 4 is 17.4 Å². The molecular formula is C20H26N4O3. The van der Waals surface area contributed by atoms with Crippen LogP contribution in [-0.4, -0.2) is 56.8 Å². The number of anilines is 2. The topological polar surface area (TPSA) is 66.9 Å². The Morgan fingerprint density at radius 2 is 2.00 bits per heavy atom. The van der Waals surface area contributed by atoms with Gasteiger partial charge < -0.3 is 24.6 Å². The SMILES string of the molecule is COc1ccc(NC(=O)N(C)C[C@@H]2CCN(c3ccccc3)C2)c(OC)n1. The number of urea groups is 1. The first-order valence-electron chi connectivity index (χ1n) is 9.02. The normalized spacial score (nSPS) is 16.1. The van der Waals surface area contributed by atoms with Crippen molar-refractivity contribution in [2.45, 2.75) is 6.42 Å². The third kappa shape index (κ3) is 4.61. The number of benzene rings is 1. The van der Waals surface area contributed by atoms with Gasteiger partial charge in [0, 0.05) is 38.4 Å². The van der Waals surface area contributed by atoms with Crippen molar-refractivity contribution < 1.29 is 14.3 Å². The average molecular weight is 370 g/mol. The van der Waals surface area contributed by atoms with Crippen LogP contribution in [0, 0.1) is 5.92 Å². The van der Waals surface area contributed by atoms with E-state index in [0.29, 0.717) is 29.9 Å². The summed E-state index contributed by atoms with van der Waals surface area (Å²) in [6.45, 7) is 2.66. The number of methoxy groups -OCH3 is 2. The van der Waals surface area contributed by atoms with E-state index in [4.69, 9.17) is 9.47 Å². The minimum Gasteiger partial charge on any atom is -0.481 e. The molecule has 0 unspecified atom stereocenters. The van der Waals surface area contributed by atoms with E-state index < -0.39 is 0 Å². The minimum absolute atomic E-state index is 0.182. The van der Waals surface area contributed by atoms with Crippen LogP contribution in [-0.2, 0) is 0 Å². The third-order valence-electron chi connectivity index (χ3n) is 4.76. The van der Waals surface area contributed by atoms with Gasteiger partial charge in [0.05, 0.1) is 14.2 Å². The summed E-state index contributed by atoms with van der Waals surface area (Å²) < 4.78 is 10.3. The number of nitrogens with one attached hydrogen (secondary N) is 1. The Labute approximate surface area is 159 Å². The number of carbonyl (C=O) groups excluding carboxylic acids is 1. The third-order valence-corrected chi connectivity index (χ3v) is 4.76. The van der Waals surface area contributed by atoms with Crippen LogP contribution in [0.4, 0.5) is 16.2 Å². The zero-order valence-electron chi connectivity index (χ0n) is 16.0. The number of carbonyl (C=O) groups is 1. The standard InChI is InChI=1S/C20H26N4O3/c1-23(13-15-11-12-24(14-15)16-7-5-4-6-8-16)20(25)21-17-9-10-18(26-2)22-19(17)27-3/h4-10,15H,11-14H2,1-3H3,(H,21,25)/t15-/m0/s1. The highest BCUT2D eigenvalue weighted by atomic mass is 16.5. The summed E-state index contributed by atoms with van der Waals surface area (Å²) >= 11 is 0. The van der Waals surface area contributed by atoms with Gasteiger partial charge in [0.2, 0.25) is 11.8 Å². The van der Waals surface area contributed by atoms with E-state index in [2.05, 4.69) is 39.5 Å². The first-order valence-corrected chi connectivity index (χ1v) is 9.02. The van der Waals surface area contributed by atoms with Crippen LogP contribution in [0.5, 0.6) is 11.8 Å². The number of hydrogen-bond donors (Lipinski definition) is 1. The molecule has 1 aromatic heterocycles. The van der Waals surface area contributed by atoms with Crippen molar-refractivity contribution in [1.29, 1.82) is 0 Å². The number of nitrogens with zero attached hydrogens (tertiary/aromatic N) is 3. The molecule has 0 spiro atoms. The van der Waals surface area contributed by atoms with Gasteiger partial charge in [-0.2, -0.15) is 4.98 Å². The Hall–Kier alpha value is -2.96. The summed E-state index contributed by atoms with van der Waals surface area (Å²) in [5, 5.41) is 2.86. The highest BCUT2D eigenvalue weighted by Gasteiger charge is 2.25. The molecule has 144 valence electrons. The molecule has 2 aromatic rings. The number of ether oxygens (including phenoxy) is 2. The summed E-state index contributed by atoms with van der Waals surface area (Å²) in [7, 11) is 4.86. The maximum atomic E-state index is 12.6. The van der Waals surface area contributed by atoms with Crippen molar-refractivity contribution in [2.24, 2.45) is 5.92 Å². The van der Waals surface area contributed by atoms with Crippen LogP contribution in [0.3, 0.4) is 0 Å². The van der Waals surface area contributed by atoms with Crippen LogP contribution in [0.15, 0.2) is 42.5 Å². The van der Waals surface area contributed by atoms with Gasteiger partial charge in [-0.3, -0.25) is 0 Å². The Balaban J connectivity index is 1.55. The second-order valence-corrected chi connectivity index (χ2v) is 6.66. The highest BCUT2D eigenvalue weighted by Crippen LogP contribution is 2.26. The molecule has 27 heavy (non-hydrogen) atoms. The van der Waals surface area contributed by atoms with Gasteiger partial charge in [-0.25, -0.2) is 4.79 Å². The fourth-order valence-corrected chi connectivity index (χ4v) is 3.32. The highest BCUT2D eigenvalue weighted by molar-refractivity contribution is 5.90. The molecule has 7 heteroatoms. The van der Waals surface area contributed by atoms with Crippen LogP contribution < -0.4 is 19.7 Å². The van der Waals surface area contributed by atoms with Gasteiger partial charge in [0.1, 0.15) is 5.69 Å². The van der Waals surface area contributed by atoms with E-state index in [1.165, 1.54) is 19.9 Å². The predicted octanol–water partition coefficient (Wildman–Crippen LogP) is 3.09. The van der Waals surface area contributed by atoms with E-state index in [1.54, 1.807) is 17.0 Å². The largest absolute Gasteiger partial charge is 0.481 e. The number of aromatic nitrogens is 1. The molecule has 2 heterocycles. The lowest BCUT2D eigenvalue weighted by molar-refractivity contribution is 0.215. The summed E-state index contributed by atoms with van der Waals surface area (Å²) in [5.74, 6) is 1.20. The first kappa shape index (κ1) is 18.8. The molecule has 1 saturated heterocycles. The molecule has 1 aliphatic rings.